The molecule has 0 amide bonds. The Labute approximate surface area is 204 Å². The SMILES string of the molecule is O=C(c1ccccc1)[C@@H](Sc1nnc(CN2CCCC2)n1Cc1ccccc1)c1ccccc1. The fraction of sp³-hybridized carbons (Fsp3) is 0.250. The summed E-state index contributed by atoms with van der Waals surface area (Å²) in [6.45, 7) is 3.66. The summed E-state index contributed by atoms with van der Waals surface area (Å²) in [5.74, 6) is 1.03. The highest BCUT2D eigenvalue weighted by Crippen LogP contribution is 2.37. The molecule has 0 unspecified atom stereocenters. The fourth-order valence-corrected chi connectivity index (χ4v) is 5.48. The molecule has 34 heavy (non-hydrogen) atoms. The number of likely N-dealkylation sites (tertiary alicyclic amines) is 1. The first kappa shape index (κ1) is 22.6. The Hall–Kier alpha value is -3.22. The van der Waals surface area contributed by atoms with Gasteiger partial charge in [-0.05, 0) is 37.1 Å². The summed E-state index contributed by atoms with van der Waals surface area (Å²) in [4.78, 5) is 16.1. The van der Waals surface area contributed by atoms with Crippen molar-refractivity contribution in [3.05, 3.63) is 114 Å². The third kappa shape index (κ3) is 5.29. The van der Waals surface area contributed by atoms with Crippen LogP contribution in [0.1, 0.15) is 45.4 Å². The molecule has 2 heterocycles. The second-order valence-electron chi connectivity index (χ2n) is 8.59. The van der Waals surface area contributed by atoms with E-state index in [0.29, 0.717) is 12.1 Å². The minimum atomic E-state index is -0.401. The fourth-order valence-electron chi connectivity index (χ4n) is 4.35. The molecule has 5 nitrogen and oxygen atoms in total. The van der Waals surface area contributed by atoms with Crippen molar-refractivity contribution in [3.8, 4) is 0 Å². The van der Waals surface area contributed by atoms with Gasteiger partial charge in [-0.2, -0.15) is 0 Å². The maximum absolute atomic E-state index is 13.6. The Morgan fingerprint density at radius 1 is 0.794 bits per heavy atom. The molecule has 6 heteroatoms. The van der Waals surface area contributed by atoms with Gasteiger partial charge in [0.1, 0.15) is 11.1 Å². The van der Waals surface area contributed by atoms with Gasteiger partial charge >= 0.3 is 0 Å². The van der Waals surface area contributed by atoms with E-state index >= 15 is 0 Å². The molecule has 0 saturated carbocycles. The van der Waals surface area contributed by atoms with Crippen molar-refractivity contribution in [3.63, 3.8) is 0 Å². The first-order valence-corrected chi connectivity index (χ1v) is 12.6. The summed E-state index contributed by atoms with van der Waals surface area (Å²) in [5.41, 5.74) is 2.87. The molecule has 0 spiro atoms. The zero-order valence-electron chi connectivity index (χ0n) is 19.1. The van der Waals surface area contributed by atoms with Crippen LogP contribution in [0.15, 0.2) is 96.2 Å². The van der Waals surface area contributed by atoms with E-state index in [1.54, 1.807) is 0 Å². The number of Topliss-reactive ketones (excluding diaryl/α,β-unsaturated/α-hetero) is 1. The maximum atomic E-state index is 13.6. The molecule has 1 aliphatic rings. The average Bonchev–Trinajstić information content (AvgIpc) is 3.54. The van der Waals surface area contributed by atoms with E-state index < -0.39 is 5.25 Å². The minimum absolute atomic E-state index is 0.0761. The Bertz CT molecular complexity index is 1210. The summed E-state index contributed by atoms with van der Waals surface area (Å²) in [7, 11) is 0. The van der Waals surface area contributed by atoms with Gasteiger partial charge in [0, 0.05) is 5.56 Å². The predicted molar refractivity (Wildman–Crippen MR) is 136 cm³/mol. The summed E-state index contributed by atoms with van der Waals surface area (Å²) in [5, 5.41) is 9.56. The van der Waals surface area contributed by atoms with E-state index in [2.05, 4.69) is 43.9 Å². The number of hydrogen-bond acceptors (Lipinski definition) is 5. The van der Waals surface area contributed by atoms with Crippen LogP contribution in [-0.4, -0.2) is 38.5 Å². The molecule has 0 aliphatic carbocycles. The van der Waals surface area contributed by atoms with Crippen molar-refractivity contribution in [2.24, 2.45) is 0 Å². The summed E-state index contributed by atoms with van der Waals surface area (Å²) in [6.07, 6.45) is 2.46. The molecule has 0 bridgehead atoms. The van der Waals surface area contributed by atoms with Crippen molar-refractivity contribution >= 4 is 17.5 Å². The van der Waals surface area contributed by atoms with Crippen LogP contribution in [0, 0.1) is 0 Å². The number of carbonyl (C=O) groups is 1. The van der Waals surface area contributed by atoms with E-state index in [9.17, 15) is 4.79 Å². The number of rotatable bonds is 9. The van der Waals surface area contributed by atoms with Crippen LogP contribution in [0.3, 0.4) is 0 Å². The molecule has 4 aromatic rings. The van der Waals surface area contributed by atoms with Crippen LogP contribution < -0.4 is 0 Å². The summed E-state index contributed by atoms with van der Waals surface area (Å²) in [6, 6.07) is 29.9. The van der Waals surface area contributed by atoms with E-state index in [4.69, 9.17) is 0 Å². The lowest BCUT2D eigenvalue weighted by atomic mass is 10.0. The summed E-state index contributed by atoms with van der Waals surface area (Å²) >= 11 is 1.49. The normalized spacial score (nSPS) is 14.8. The molecule has 3 aromatic carbocycles. The first-order chi connectivity index (χ1) is 16.8. The monoisotopic (exact) mass is 468 g/mol. The van der Waals surface area contributed by atoms with E-state index in [1.165, 1.54) is 30.2 Å². The first-order valence-electron chi connectivity index (χ1n) is 11.8. The topological polar surface area (TPSA) is 51.0 Å². The Morgan fingerprint density at radius 2 is 1.41 bits per heavy atom. The number of hydrogen-bond donors (Lipinski definition) is 0. The molecular formula is C28H28N4OS. The van der Waals surface area contributed by atoms with Crippen molar-refractivity contribution in [1.82, 2.24) is 19.7 Å². The number of ketones is 1. The molecular weight excluding hydrogens is 440 g/mol. The standard InChI is InChI=1S/C28H28N4OS/c33-26(23-14-6-2-7-15-23)27(24-16-8-3-9-17-24)34-28-30-29-25(21-31-18-10-11-19-31)32(28)20-22-12-4-1-5-13-22/h1-9,12-17,27H,10-11,18-21H2/t27-/m0/s1. The van der Waals surface area contributed by atoms with Crippen LogP contribution in [0.5, 0.6) is 0 Å². The predicted octanol–water partition coefficient (Wildman–Crippen LogP) is 5.64. The minimum Gasteiger partial charge on any atom is -0.300 e. The molecule has 0 N–H and O–H groups in total. The van der Waals surface area contributed by atoms with Gasteiger partial charge in [-0.3, -0.25) is 9.69 Å². The highest BCUT2D eigenvalue weighted by atomic mass is 32.2. The Balaban J connectivity index is 1.49. The van der Waals surface area contributed by atoms with Crippen LogP contribution in [0.4, 0.5) is 0 Å². The average molecular weight is 469 g/mol. The number of thioether (sulfide) groups is 1. The molecule has 0 radical (unpaired) electrons. The highest BCUT2D eigenvalue weighted by Gasteiger charge is 2.27. The lowest BCUT2D eigenvalue weighted by Crippen LogP contribution is -2.22. The van der Waals surface area contributed by atoms with Gasteiger partial charge in [-0.15, -0.1) is 10.2 Å². The van der Waals surface area contributed by atoms with Crippen molar-refractivity contribution in [2.75, 3.05) is 13.1 Å². The molecule has 1 aliphatic heterocycles. The molecule has 1 fully saturated rings. The van der Waals surface area contributed by atoms with Gasteiger partial charge in [-0.1, -0.05) is 103 Å². The summed E-state index contributed by atoms with van der Waals surface area (Å²) < 4.78 is 2.19. The number of benzene rings is 3. The van der Waals surface area contributed by atoms with E-state index in [0.717, 1.165) is 36.2 Å². The van der Waals surface area contributed by atoms with Crippen LogP contribution in [-0.2, 0) is 13.1 Å². The largest absolute Gasteiger partial charge is 0.300 e. The third-order valence-electron chi connectivity index (χ3n) is 6.16. The van der Waals surface area contributed by atoms with Gasteiger partial charge in [0.25, 0.3) is 0 Å². The van der Waals surface area contributed by atoms with E-state index in [-0.39, 0.29) is 5.78 Å². The molecule has 172 valence electrons. The van der Waals surface area contributed by atoms with Crippen LogP contribution in [0.2, 0.25) is 0 Å². The van der Waals surface area contributed by atoms with Crippen molar-refractivity contribution in [1.29, 1.82) is 0 Å². The molecule has 1 aromatic heterocycles. The quantitative estimate of drug-likeness (QED) is 0.235. The zero-order chi connectivity index (χ0) is 23.2. The van der Waals surface area contributed by atoms with Gasteiger partial charge in [0.15, 0.2) is 10.9 Å². The molecule has 5 rings (SSSR count). The molecule has 1 saturated heterocycles. The lowest BCUT2D eigenvalue weighted by Gasteiger charge is -2.18. The number of aromatic nitrogens is 3. The number of nitrogens with zero attached hydrogens (tertiary/aromatic N) is 4. The van der Waals surface area contributed by atoms with Gasteiger partial charge in [-0.25, -0.2) is 0 Å². The maximum Gasteiger partial charge on any atom is 0.192 e. The zero-order valence-corrected chi connectivity index (χ0v) is 19.9. The molecule has 1 atom stereocenters. The van der Waals surface area contributed by atoms with Crippen molar-refractivity contribution in [2.45, 2.75) is 36.3 Å². The number of carbonyl (C=O) groups excluding carboxylic acids is 1. The second kappa shape index (κ2) is 10.8. The lowest BCUT2D eigenvalue weighted by molar-refractivity contribution is 0.0989. The van der Waals surface area contributed by atoms with Gasteiger partial charge in [0.05, 0.1) is 13.1 Å². The van der Waals surface area contributed by atoms with Crippen LogP contribution in [0.25, 0.3) is 0 Å². The van der Waals surface area contributed by atoms with Gasteiger partial charge in [0.2, 0.25) is 0 Å². The smallest absolute Gasteiger partial charge is 0.192 e. The van der Waals surface area contributed by atoms with E-state index in [1.807, 2.05) is 66.7 Å². The highest BCUT2D eigenvalue weighted by molar-refractivity contribution is 8.00. The Kier molecular flexibility index (Phi) is 7.17. The van der Waals surface area contributed by atoms with Gasteiger partial charge < -0.3 is 4.57 Å². The Morgan fingerprint density at radius 3 is 2.09 bits per heavy atom. The second-order valence-corrected chi connectivity index (χ2v) is 9.66. The third-order valence-corrected chi connectivity index (χ3v) is 7.40. The van der Waals surface area contributed by atoms with Crippen molar-refractivity contribution < 1.29 is 4.79 Å². The van der Waals surface area contributed by atoms with Crippen LogP contribution >= 0.6 is 11.8 Å².